The Balaban J connectivity index is 0.00000364. The van der Waals surface area contributed by atoms with Gasteiger partial charge in [0.15, 0.2) is 0 Å². The number of unbranched alkanes of at least 4 members (excludes halogenated alkanes) is 1. The molecule has 0 saturated carbocycles. The monoisotopic (exact) mass is 396 g/mol. The third-order valence-corrected chi connectivity index (χ3v) is 4.51. The quantitative estimate of drug-likeness (QED) is 0.493. The first kappa shape index (κ1) is 23.0. The summed E-state index contributed by atoms with van der Waals surface area (Å²) >= 11 is 0. The van der Waals surface area contributed by atoms with Gasteiger partial charge in [0.2, 0.25) is 5.91 Å². The summed E-state index contributed by atoms with van der Waals surface area (Å²) in [5.74, 6) is 0.519. The van der Waals surface area contributed by atoms with Crippen molar-refractivity contribution < 1.29 is 13.9 Å². The number of carbonyl (C=O) groups excluding carboxylic acids is 1. The maximum atomic E-state index is 12.2. The predicted octanol–water partition coefficient (Wildman–Crippen LogP) is 3.00. The maximum absolute atomic E-state index is 12.2. The highest BCUT2D eigenvalue weighted by Crippen LogP contribution is 2.22. The highest BCUT2D eigenvalue weighted by Gasteiger charge is 2.11. The van der Waals surface area contributed by atoms with Crippen LogP contribution in [0.3, 0.4) is 0 Å². The van der Waals surface area contributed by atoms with Crippen molar-refractivity contribution in [2.24, 2.45) is 0 Å². The first-order valence-electron chi connectivity index (χ1n) is 9.17. The third-order valence-electron chi connectivity index (χ3n) is 4.51. The van der Waals surface area contributed by atoms with E-state index in [9.17, 15) is 9.59 Å². The molecular weight excluding hydrogens is 368 g/mol. The van der Waals surface area contributed by atoms with Gasteiger partial charge in [-0.15, -0.1) is 12.4 Å². The van der Waals surface area contributed by atoms with Gasteiger partial charge in [-0.1, -0.05) is 13.8 Å². The first-order chi connectivity index (χ1) is 12.6. The molecule has 1 N–H and O–H groups in total. The lowest BCUT2D eigenvalue weighted by atomic mass is 10.1. The van der Waals surface area contributed by atoms with Crippen LogP contribution in [0.1, 0.15) is 32.3 Å². The Hall–Kier alpha value is -2.05. The molecule has 6 nitrogen and oxygen atoms in total. The Bertz CT molecular complexity index is 787. The molecular formula is C20H29ClN2O4. The molecule has 0 atom stereocenters. The maximum Gasteiger partial charge on any atom is 0.336 e. The number of hydrogen-bond acceptors (Lipinski definition) is 5. The second-order valence-electron chi connectivity index (χ2n) is 6.21. The number of ether oxygens (including phenoxy) is 1. The van der Waals surface area contributed by atoms with Gasteiger partial charge in [0.1, 0.15) is 11.3 Å². The van der Waals surface area contributed by atoms with Crippen LogP contribution in [0, 0.1) is 0 Å². The average molecular weight is 397 g/mol. The molecule has 2 rings (SSSR count). The fraction of sp³-hybridized carbons (Fsp3) is 0.500. The highest BCUT2D eigenvalue weighted by atomic mass is 35.5. The minimum absolute atomic E-state index is 0. The van der Waals surface area contributed by atoms with Gasteiger partial charge in [-0.05, 0) is 50.2 Å². The van der Waals surface area contributed by atoms with Gasteiger partial charge in [-0.3, -0.25) is 4.79 Å². The molecule has 150 valence electrons. The molecule has 27 heavy (non-hydrogen) atoms. The predicted molar refractivity (Wildman–Crippen MR) is 110 cm³/mol. The lowest BCUT2D eigenvalue weighted by Crippen LogP contribution is -2.28. The lowest BCUT2D eigenvalue weighted by molar-refractivity contribution is -0.120. The van der Waals surface area contributed by atoms with E-state index in [1.807, 2.05) is 6.07 Å². The zero-order chi connectivity index (χ0) is 18.9. The van der Waals surface area contributed by atoms with Gasteiger partial charge >= 0.3 is 5.63 Å². The van der Waals surface area contributed by atoms with Crippen LogP contribution in [0.2, 0.25) is 0 Å². The van der Waals surface area contributed by atoms with Crippen molar-refractivity contribution in [2.45, 2.75) is 33.1 Å². The molecule has 0 aliphatic rings. The zero-order valence-electron chi connectivity index (χ0n) is 16.2. The summed E-state index contributed by atoms with van der Waals surface area (Å²) in [5, 5.41) is 3.68. The molecule has 0 radical (unpaired) electrons. The summed E-state index contributed by atoms with van der Waals surface area (Å²) < 4.78 is 10.4. The molecule has 0 aliphatic carbocycles. The number of carbonyl (C=O) groups is 1. The second-order valence-corrected chi connectivity index (χ2v) is 6.21. The smallest absolute Gasteiger partial charge is 0.336 e. The van der Waals surface area contributed by atoms with Crippen molar-refractivity contribution >= 4 is 29.3 Å². The molecule has 0 aliphatic heterocycles. The number of benzene rings is 1. The van der Waals surface area contributed by atoms with Crippen molar-refractivity contribution in [1.29, 1.82) is 0 Å². The van der Waals surface area contributed by atoms with Gasteiger partial charge in [0.25, 0.3) is 0 Å². The minimum Gasteiger partial charge on any atom is -0.497 e. The van der Waals surface area contributed by atoms with Crippen LogP contribution in [-0.4, -0.2) is 44.1 Å². The Morgan fingerprint density at radius 2 is 1.93 bits per heavy atom. The SMILES string of the molecule is CCN(CC)CCCCNC(=O)Cc1cc(=O)oc2cc(OC)ccc12.Cl. The summed E-state index contributed by atoms with van der Waals surface area (Å²) in [5.41, 5.74) is 0.631. The van der Waals surface area contributed by atoms with Gasteiger partial charge < -0.3 is 19.4 Å². The number of hydrogen-bond donors (Lipinski definition) is 1. The van der Waals surface area contributed by atoms with Crippen molar-refractivity contribution in [3.05, 3.63) is 40.2 Å². The molecule has 0 saturated heterocycles. The van der Waals surface area contributed by atoms with E-state index in [2.05, 4.69) is 24.1 Å². The van der Waals surface area contributed by atoms with Crippen LogP contribution in [0.4, 0.5) is 0 Å². The van der Waals surface area contributed by atoms with Crippen LogP contribution < -0.4 is 15.7 Å². The highest BCUT2D eigenvalue weighted by molar-refractivity contribution is 5.87. The number of amides is 1. The summed E-state index contributed by atoms with van der Waals surface area (Å²) in [4.78, 5) is 26.3. The summed E-state index contributed by atoms with van der Waals surface area (Å²) in [6.45, 7) is 8.11. The Kier molecular flexibility index (Phi) is 9.89. The number of rotatable bonds is 10. The van der Waals surface area contributed by atoms with E-state index in [1.54, 1.807) is 19.2 Å². The van der Waals surface area contributed by atoms with Gasteiger partial charge in [-0.25, -0.2) is 4.79 Å². The van der Waals surface area contributed by atoms with Crippen molar-refractivity contribution in [3.63, 3.8) is 0 Å². The number of halogens is 1. The van der Waals surface area contributed by atoms with E-state index in [4.69, 9.17) is 9.15 Å². The summed E-state index contributed by atoms with van der Waals surface area (Å²) in [6.07, 6.45) is 2.15. The van der Waals surface area contributed by atoms with Gasteiger partial charge in [0.05, 0.1) is 13.5 Å². The molecule has 1 aromatic carbocycles. The second kappa shape index (κ2) is 11.6. The van der Waals surface area contributed by atoms with Gasteiger partial charge in [-0.2, -0.15) is 0 Å². The van der Waals surface area contributed by atoms with E-state index in [0.29, 0.717) is 23.4 Å². The largest absolute Gasteiger partial charge is 0.497 e. The Morgan fingerprint density at radius 3 is 2.59 bits per heavy atom. The van der Waals surface area contributed by atoms with Crippen LogP contribution in [0.5, 0.6) is 5.75 Å². The van der Waals surface area contributed by atoms with Gasteiger partial charge in [0, 0.05) is 24.1 Å². The molecule has 2 aromatic rings. The molecule has 0 bridgehead atoms. The van der Waals surface area contributed by atoms with Crippen molar-refractivity contribution in [3.8, 4) is 5.75 Å². The fourth-order valence-corrected chi connectivity index (χ4v) is 2.95. The third kappa shape index (κ3) is 6.88. The van der Waals surface area contributed by atoms with E-state index in [0.717, 1.165) is 37.9 Å². The van der Waals surface area contributed by atoms with E-state index in [-0.39, 0.29) is 24.7 Å². The van der Waals surface area contributed by atoms with E-state index >= 15 is 0 Å². The topological polar surface area (TPSA) is 71.8 Å². The minimum atomic E-state index is -0.465. The molecule has 0 spiro atoms. The molecule has 0 fully saturated rings. The Morgan fingerprint density at radius 1 is 1.19 bits per heavy atom. The van der Waals surface area contributed by atoms with Crippen LogP contribution in [0.25, 0.3) is 11.0 Å². The number of fused-ring (bicyclic) bond motifs is 1. The molecule has 1 amide bonds. The number of nitrogens with zero attached hydrogens (tertiary/aromatic N) is 1. The van der Waals surface area contributed by atoms with Crippen molar-refractivity contribution in [1.82, 2.24) is 10.2 Å². The fourth-order valence-electron chi connectivity index (χ4n) is 2.95. The molecule has 1 heterocycles. The van der Waals surface area contributed by atoms with Crippen LogP contribution >= 0.6 is 12.4 Å². The van der Waals surface area contributed by atoms with Crippen LogP contribution in [-0.2, 0) is 11.2 Å². The number of methoxy groups -OCH3 is 1. The molecule has 1 aromatic heterocycles. The first-order valence-corrected chi connectivity index (χ1v) is 9.17. The molecule has 7 heteroatoms. The summed E-state index contributed by atoms with van der Waals surface area (Å²) in [6, 6.07) is 6.64. The van der Waals surface area contributed by atoms with E-state index < -0.39 is 5.63 Å². The lowest BCUT2D eigenvalue weighted by Gasteiger charge is -2.17. The Labute approximate surface area is 166 Å². The summed E-state index contributed by atoms with van der Waals surface area (Å²) in [7, 11) is 1.55. The zero-order valence-corrected chi connectivity index (χ0v) is 17.1. The molecule has 0 unspecified atom stereocenters. The number of nitrogens with one attached hydrogen (secondary N) is 1. The normalized spacial score (nSPS) is 10.7. The van der Waals surface area contributed by atoms with E-state index in [1.165, 1.54) is 6.07 Å². The van der Waals surface area contributed by atoms with Crippen LogP contribution in [0.15, 0.2) is 33.5 Å². The van der Waals surface area contributed by atoms with Crippen molar-refractivity contribution in [2.75, 3.05) is 33.3 Å². The average Bonchev–Trinajstić information content (AvgIpc) is 2.64. The standard InChI is InChI=1S/C20H28N2O4.ClH/c1-4-22(5-2)11-7-6-10-21-19(23)12-15-13-20(24)26-18-14-16(25-3)8-9-17(15)18;/h8-9,13-14H,4-7,10-12H2,1-3H3,(H,21,23);1H.